The van der Waals surface area contributed by atoms with Gasteiger partial charge in [-0.1, -0.05) is 18.2 Å². The van der Waals surface area contributed by atoms with Gasteiger partial charge in [-0.3, -0.25) is 4.79 Å². The predicted octanol–water partition coefficient (Wildman–Crippen LogP) is 5.45. The fraction of sp³-hybridized carbons (Fsp3) is 0.240. The van der Waals surface area contributed by atoms with Crippen LogP contribution in [-0.4, -0.2) is 25.1 Å². The zero-order chi connectivity index (χ0) is 22.2. The summed E-state index contributed by atoms with van der Waals surface area (Å²) < 4.78 is 10.8. The van der Waals surface area contributed by atoms with Crippen LogP contribution in [0, 0.1) is 0 Å². The molecular formula is C25H24N2O4S. The quantitative estimate of drug-likeness (QED) is 0.493. The highest BCUT2D eigenvalue weighted by Gasteiger charge is 2.37. The summed E-state index contributed by atoms with van der Waals surface area (Å²) in [5.41, 5.74) is 4.25. The van der Waals surface area contributed by atoms with Crippen LogP contribution >= 0.6 is 11.3 Å². The molecule has 2 aromatic carbocycles. The van der Waals surface area contributed by atoms with Crippen LogP contribution in [0.3, 0.4) is 0 Å². The van der Waals surface area contributed by atoms with Crippen LogP contribution in [0.1, 0.15) is 35.2 Å². The van der Waals surface area contributed by atoms with Crippen LogP contribution in [0.5, 0.6) is 17.2 Å². The number of carbonyl (C=O) groups excluding carboxylic acids is 1. The van der Waals surface area contributed by atoms with Crippen LogP contribution in [0.25, 0.3) is 0 Å². The number of allylic oxidation sites excluding steroid dienone is 1. The van der Waals surface area contributed by atoms with E-state index < -0.39 is 6.04 Å². The van der Waals surface area contributed by atoms with E-state index in [0.29, 0.717) is 23.5 Å². The van der Waals surface area contributed by atoms with Gasteiger partial charge >= 0.3 is 0 Å². The van der Waals surface area contributed by atoms with Gasteiger partial charge in [-0.15, -0.1) is 11.3 Å². The summed E-state index contributed by atoms with van der Waals surface area (Å²) in [5, 5.41) is 19.5. The highest BCUT2D eigenvalue weighted by atomic mass is 32.1. The lowest BCUT2D eigenvalue weighted by Gasteiger charge is -2.29. The van der Waals surface area contributed by atoms with E-state index in [4.69, 9.17) is 9.47 Å². The first-order valence-electron chi connectivity index (χ1n) is 10.5. The molecule has 3 aromatic rings. The molecule has 0 radical (unpaired) electrons. The van der Waals surface area contributed by atoms with Gasteiger partial charge in [0.25, 0.3) is 0 Å². The number of fused-ring (bicyclic) bond motifs is 1. The van der Waals surface area contributed by atoms with Crippen LogP contribution in [0.4, 0.5) is 11.4 Å². The second-order valence-electron chi connectivity index (χ2n) is 7.96. The Labute approximate surface area is 190 Å². The van der Waals surface area contributed by atoms with Crippen molar-refractivity contribution in [3.8, 4) is 17.2 Å². The minimum absolute atomic E-state index is 0.0622. The molecule has 2 heterocycles. The number of para-hydroxylation sites is 2. The Hall–Kier alpha value is -3.45. The van der Waals surface area contributed by atoms with Gasteiger partial charge in [0.2, 0.25) is 5.75 Å². The highest BCUT2D eigenvalue weighted by molar-refractivity contribution is 7.10. The molecule has 2 atom stereocenters. The number of nitrogens with one attached hydrogen (secondary N) is 2. The van der Waals surface area contributed by atoms with E-state index in [9.17, 15) is 9.90 Å². The van der Waals surface area contributed by atoms with Gasteiger partial charge in [-0.05, 0) is 47.7 Å². The minimum atomic E-state index is -0.415. The Balaban J connectivity index is 1.66. The lowest BCUT2D eigenvalue weighted by molar-refractivity contribution is -0.116. The van der Waals surface area contributed by atoms with Gasteiger partial charge in [0.15, 0.2) is 17.3 Å². The number of rotatable bonds is 4. The first-order valence-corrected chi connectivity index (χ1v) is 11.3. The average Bonchev–Trinajstić information content (AvgIpc) is 3.28. The highest BCUT2D eigenvalue weighted by Crippen LogP contribution is 2.47. The summed E-state index contributed by atoms with van der Waals surface area (Å²) in [5.74, 6) is 0.798. The third-order valence-electron chi connectivity index (χ3n) is 6.09. The molecule has 3 N–H and O–H groups in total. The Bertz CT molecular complexity index is 1180. The van der Waals surface area contributed by atoms with Crippen molar-refractivity contribution >= 4 is 28.5 Å². The molecule has 2 aliphatic rings. The van der Waals surface area contributed by atoms with Gasteiger partial charge in [-0.25, -0.2) is 0 Å². The van der Waals surface area contributed by atoms with Crippen molar-refractivity contribution in [2.45, 2.75) is 24.8 Å². The van der Waals surface area contributed by atoms with Gasteiger partial charge in [-0.2, -0.15) is 0 Å². The third kappa shape index (κ3) is 3.48. The number of phenolic OH excluding ortho intramolecular Hbond substituents is 1. The Morgan fingerprint density at radius 2 is 1.72 bits per heavy atom. The van der Waals surface area contributed by atoms with Gasteiger partial charge in [0.05, 0.1) is 31.6 Å². The van der Waals surface area contributed by atoms with Crippen LogP contribution < -0.4 is 20.1 Å². The van der Waals surface area contributed by atoms with Gasteiger partial charge < -0.3 is 25.2 Å². The van der Waals surface area contributed by atoms with E-state index in [0.717, 1.165) is 29.1 Å². The number of Topliss-reactive ketones (excluding diaryl/α,β-unsaturated/α-hetero) is 1. The SMILES string of the molecule is COc1cc([C@@H]2Nc3ccccc3NC3=C2C(=O)C[C@@H](c2cccs2)C3)cc(OC)c1O. The van der Waals surface area contributed by atoms with Crippen molar-refractivity contribution in [2.75, 3.05) is 24.9 Å². The smallest absolute Gasteiger partial charge is 0.200 e. The number of methoxy groups -OCH3 is 2. The number of ether oxygens (including phenoxy) is 2. The van der Waals surface area contributed by atoms with Gasteiger partial charge in [0, 0.05) is 28.5 Å². The topological polar surface area (TPSA) is 79.8 Å². The standard InChI is InChI=1S/C25H24N2O4S/c1-30-20-12-15(13-21(31-2)25(20)29)24-23-18(26-16-6-3-4-7-17(16)27-24)10-14(11-19(23)28)22-8-5-9-32-22/h3-9,12-14,24,26-27,29H,10-11H2,1-2H3/t14-,24-/m0/s1. The molecule has 0 amide bonds. The molecule has 164 valence electrons. The molecule has 0 bridgehead atoms. The Kier molecular flexibility index (Phi) is 5.27. The van der Waals surface area contributed by atoms with E-state index in [2.05, 4.69) is 22.1 Å². The number of ketones is 1. The maximum atomic E-state index is 13.6. The maximum absolute atomic E-state index is 13.6. The summed E-state index contributed by atoms with van der Waals surface area (Å²) in [7, 11) is 3.00. The fourth-order valence-corrected chi connectivity index (χ4v) is 5.38. The zero-order valence-electron chi connectivity index (χ0n) is 17.8. The molecule has 0 saturated heterocycles. The number of aromatic hydroxyl groups is 1. The number of hydrogen-bond donors (Lipinski definition) is 3. The summed E-state index contributed by atoms with van der Waals surface area (Å²) >= 11 is 1.69. The molecular weight excluding hydrogens is 424 g/mol. The summed E-state index contributed by atoms with van der Waals surface area (Å²) in [6, 6.07) is 15.2. The van der Waals surface area contributed by atoms with Crippen molar-refractivity contribution in [2.24, 2.45) is 0 Å². The van der Waals surface area contributed by atoms with Crippen LogP contribution in [0.2, 0.25) is 0 Å². The summed E-state index contributed by atoms with van der Waals surface area (Å²) in [6.45, 7) is 0. The molecule has 0 spiro atoms. The average molecular weight is 449 g/mol. The second-order valence-corrected chi connectivity index (χ2v) is 8.94. The lowest BCUT2D eigenvalue weighted by Crippen LogP contribution is -2.26. The zero-order valence-corrected chi connectivity index (χ0v) is 18.7. The number of benzene rings is 2. The monoisotopic (exact) mass is 448 g/mol. The van der Waals surface area contributed by atoms with Crippen molar-refractivity contribution in [3.05, 3.63) is 75.6 Å². The van der Waals surface area contributed by atoms with E-state index in [1.54, 1.807) is 23.5 Å². The number of carbonyl (C=O) groups is 1. The van der Waals surface area contributed by atoms with Crippen LogP contribution in [-0.2, 0) is 4.79 Å². The number of hydrogen-bond acceptors (Lipinski definition) is 7. The van der Waals surface area contributed by atoms with E-state index in [1.165, 1.54) is 19.1 Å². The molecule has 6 nitrogen and oxygen atoms in total. The lowest BCUT2D eigenvalue weighted by atomic mass is 9.80. The molecule has 0 fully saturated rings. The molecule has 1 aliphatic carbocycles. The molecule has 32 heavy (non-hydrogen) atoms. The molecule has 0 saturated carbocycles. The minimum Gasteiger partial charge on any atom is -0.502 e. The largest absolute Gasteiger partial charge is 0.502 e. The van der Waals surface area contributed by atoms with E-state index in [-0.39, 0.29) is 17.5 Å². The van der Waals surface area contributed by atoms with Crippen molar-refractivity contribution in [1.29, 1.82) is 0 Å². The predicted molar refractivity (Wildman–Crippen MR) is 126 cm³/mol. The molecule has 5 rings (SSSR count). The van der Waals surface area contributed by atoms with Crippen molar-refractivity contribution in [3.63, 3.8) is 0 Å². The molecule has 1 aromatic heterocycles. The van der Waals surface area contributed by atoms with E-state index >= 15 is 0 Å². The number of phenols is 1. The second kappa shape index (κ2) is 8.24. The number of thiophene rings is 1. The first kappa shape index (κ1) is 20.5. The maximum Gasteiger partial charge on any atom is 0.200 e. The molecule has 1 aliphatic heterocycles. The Morgan fingerprint density at radius 3 is 2.38 bits per heavy atom. The van der Waals surface area contributed by atoms with Crippen LogP contribution in [0.15, 0.2) is 65.2 Å². The Morgan fingerprint density at radius 1 is 1.00 bits per heavy atom. The third-order valence-corrected chi connectivity index (χ3v) is 7.12. The normalized spacial score (nSPS) is 19.9. The summed E-state index contributed by atoms with van der Waals surface area (Å²) in [6.07, 6.45) is 1.21. The van der Waals surface area contributed by atoms with Crippen molar-refractivity contribution in [1.82, 2.24) is 0 Å². The van der Waals surface area contributed by atoms with E-state index in [1.807, 2.05) is 30.3 Å². The molecule has 0 unspecified atom stereocenters. The number of anilines is 2. The summed E-state index contributed by atoms with van der Waals surface area (Å²) in [4.78, 5) is 14.8. The van der Waals surface area contributed by atoms with Crippen molar-refractivity contribution < 1.29 is 19.4 Å². The fourth-order valence-electron chi connectivity index (χ4n) is 4.55. The van der Waals surface area contributed by atoms with Gasteiger partial charge in [0.1, 0.15) is 0 Å². The first-order chi connectivity index (χ1) is 15.6. The molecule has 7 heteroatoms.